The second-order valence-corrected chi connectivity index (χ2v) is 6.48. The minimum atomic E-state index is 0.262. The predicted octanol–water partition coefficient (Wildman–Crippen LogP) is 2.28. The summed E-state index contributed by atoms with van der Waals surface area (Å²) in [5, 5.41) is 3.75. The zero-order valence-corrected chi connectivity index (χ0v) is 10.3. The Bertz CT molecular complexity index is 221. The average molecular weight is 210 g/mol. The van der Waals surface area contributed by atoms with Crippen molar-refractivity contribution in [2.75, 3.05) is 13.1 Å². The van der Waals surface area contributed by atoms with E-state index < -0.39 is 0 Å². The van der Waals surface area contributed by atoms with Crippen molar-refractivity contribution >= 4 is 0 Å². The molecule has 2 nitrogen and oxygen atoms in total. The largest absolute Gasteiger partial charge is 0.329 e. The summed E-state index contributed by atoms with van der Waals surface area (Å²) in [5.74, 6) is 1.03. The van der Waals surface area contributed by atoms with Gasteiger partial charge in [0.2, 0.25) is 0 Å². The molecule has 0 aromatic rings. The molecule has 88 valence electrons. The Labute approximate surface area is 94.0 Å². The van der Waals surface area contributed by atoms with Crippen LogP contribution in [-0.2, 0) is 0 Å². The lowest BCUT2D eigenvalue weighted by Gasteiger charge is -2.31. The van der Waals surface area contributed by atoms with Gasteiger partial charge in [0.15, 0.2) is 0 Å². The van der Waals surface area contributed by atoms with E-state index in [9.17, 15) is 0 Å². The number of nitrogens with two attached hydrogens (primary N) is 1. The minimum absolute atomic E-state index is 0.262. The third kappa shape index (κ3) is 2.94. The highest BCUT2D eigenvalue weighted by Gasteiger charge is 2.41. The van der Waals surface area contributed by atoms with Crippen molar-refractivity contribution in [3.05, 3.63) is 0 Å². The van der Waals surface area contributed by atoms with Crippen LogP contribution in [0.2, 0.25) is 0 Å². The second-order valence-electron chi connectivity index (χ2n) is 6.48. The van der Waals surface area contributed by atoms with Crippen LogP contribution in [-0.4, -0.2) is 18.6 Å². The SMILES string of the molecule is CC1(C)CCC(CN)(NCCC2CC2)C1. The van der Waals surface area contributed by atoms with E-state index in [1.165, 1.54) is 45.1 Å². The van der Waals surface area contributed by atoms with Gasteiger partial charge in [0.25, 0.3) is 0 Å². The Balaban J connectivity index is 1.79. The Morgan fingerprint density at radius 2 is 2.00 bits per heavy atom. The monoisotopic (exact) mass is 210 g/mol. The Morgan fingerprint density at radius 1 is 1.27 bits per heavy atom. The van der Waals surface area contributed by atoms with Gasteiger partial charge in [-0.2, -0.15) is 0 Å². The zero-order chi connectivity index (χ0) is 10.9. The molecule has 0 spiro atoms. The first-order valence-corrected chi connectivity index (χ1v) is 6.50. The molecule has 0 saturated heterocycles. The van der Waals surface area contributed by atoms with Gasteiger partial charge in [-0.25, -0.2) is 0 Å². The molecular formula is C13H26N2. The molecule has 0 aromatic carbocycles. The van der Waals surface area contributed by atoms with Crippen LogP contribution in [0.15, 0.2) is 0 Å². The van der Waals surface area contributed by atoms with Gasteiger partial charge in [-0.3, -0.25) is 0 Å². The lowest BCUT2D eigenvalue weighted by Crippen LogP contribution is -2.50. The van der Waals surface area contributed by atoms with Crippen molar-refractivity contribution in [2.45, 2.75) is 57.9 Å². The first kappa shape index (κ1) is 11.4. The van der Waals surface area contributed by atoms with Gasteiger partial charge < -0.3 is 11.1 Å². The Kier molecular flexibility index (Phi) is 3.09. The normalized spacial score (nSPS) is 34.6. The summed E-state index contributed by atoms with van der Waals surface area (Å²) in [4.78, 5) is 0. The average Bonchev–Trinajstić information content (AvgIpc) is 2.93. The van der Waals surface area contributed by atoms with Crippen LogP contribution in [0.3, 0.4) is 0 Å². The van der Waals surface area contributed by atoms with Crippen LogP contribution < -0.4 is 11.1 Å². The van der Waals surface area contributed by atoms with Gasteiger partial charge in [-0.1, -0.05) is 26.7 Å². The summed E-state index contributed by atoms with van der Waals surface area (Å²) in [6.07, 6.45) is 8.12. The molecule has 2 saturated carbocycles. The molecule has 0 radical (unpaired) electrons. The number of nitrogens with one attached hydrogen (secondary N) is 1. The molecule has 2 aliphatic rings. The van der Waals surface area contributed by atoms with E-state index in [0.29, 0.717) is 5.41 Å². The summed E-state index contributed by atoms with van der Waals surface area (Å²) in [6, 6.07) is 0. The van der Waals surface area contributed by atoms with Crippen LogP contribution in [0, 0.1) is 11.3 Å². The Morgan fingerprint density at radius 3 is 2.47 bits per heavy atom. The molecule has 0 heterocycles. The van der Waals surface area contributed by atoms with Crippen LogP contribution >= 0.6 is 0 Å². The maximum atomic E-state index is 5.96. The quantitative estimate of drug-likeness (QED) is 0.730. The zero-order valence-electron chi connectivity index (χ0n) is 10.3. The van der Waals surface area contributed by atoms with Crippen molar-refractivity contribution in [2.24, 2.45) is 17.1 Å². The van der Waals surface area contributed by atoms with Crippen LogP contribution in [0.1, 0.15) is 52.4 Å². The summed E-state index contributed by atoms with van der Waals surface area (Å²) >= 11 is 0. The van der Waals surface area contributed by atoms with Crippen molar-refractivity contribution in [3.63, 3.8) is 0 Å². The first-order valence-electron chi connectivity index (χ1n) is 6.50. The van der Waals surface area contributed by atoms with E-state index >= 15 is 0 Å². The fourth-order valence-corrected chi connectivity index (χ4v) is 3.02. The minimum Gasteiger partial charge on any atom is -0.329 e. The van der Waals surface area contributed by atoms with E-state index in [0.717, 1.165) is 12.5 Å². The first-order chi connectivity index (χ1) is 7.05. The smallest absolute Gasteiger partial charge is 0.0309 e. The molecule has 1 atom stereocenters. The number of hydrogen-bond acceptors (Lipinski definition) is 2. The molecule has 3 N–H and O–H groups in total. The van der Waals surface area contributed by atoms with Crippen LogP contribution in [0.5, 0.6) is 0 Å². The van der Waals surface area contributed by atoms with E-state index in [-0.39, 0.29) is 5.54 Å². The van der Waals surface area contributed by atoms with E-state index in [1.807, 2.05) is 0 Å². The fourth-order valence-electron chi connectivity index (χ4n) is 3.02. The maximum Gasteiger partial charge on any atom is 0.0309 e. The standard InChI is InChI=1S/C13H26N2/c1-12(2)6-7-13(9-12,10-14)15-8-5-11-3-4-11/h11,15H,3-10,14H2,1-2H3. The van der Waals surface area contributed by atoms with Crippen molar-refractivity contribution in [3.8, 4) is 0 Å². The van der Waals surface area contributed by atoms with Crippen molar-refractivity contribution < 1.29 is 0 Å². The number of rotatable bonds is 5. The molecule has 0 bridgehead atoms. The lowest BCUT2D eigenvalue weighted by molar-refractivity contribution is 0.288. The lowest BCUT2D eigenvalue weighted by atomic mass is 9.87. The highest BCUT2D eigenvalue weighted by Crippen LogP contribution is 2.43. The topological polar surface area (TPSA) is 38.0 Å². The summed E-state index contributed by atoms with van der Waals surface area (Å²) < 4.78 is 0. The molecule has 2 rings (SSSR count). The molecule has 2 aliphatic carbocycles. The Hall–Kier alpha value is -0.0800. The van der Waals surface area contributed by atoms with Crippen molar-refractivity contribution in [1.29, 1.82) is 0 Å². The highest BCUT2D eigenvalue weighted by atomic mass is 15.0. The van der Waals surface area contributed by atoms with Crippen LogP contribution in [0.4, 0.5) is 0 Å². The fraction of sp³-hybridized carbons (Fsp3) is 1.00. The van der Waals surface area contributed by atoms with Crippen LogP contribution in [0.25, 0.3) is 0 Å². The molecule has 0 aromatic heterocycles. The molecule has 2 fully saturated rings. The summed E-state index contributed by atoms with van der Waals surface area (Å²) in [5.41, 5.74) is 6.71. The van der Waals surface area contributed by atoms with Gasteiger partial charge in [0.05, 0.1) is 0 Å². The molecule has 0 amide bonds. The molecule has 0 aliphatic heterocycles. The van der Waals surface area contributed by atoms with Gasteiger partial charge in [-0.15, -0.1) is 0 Å². The van der Waals surface area contributed by atoms with Gasteiger partial charge in [0.1, 0.15) is 0 Å². The molecule has 15 heavy (non-hydrogen) atoms. The summed E-state index contributed by atoms with van der Waals surface area (Å²) in [6.45, 7) is 6.72. The molecular weight excluding hydrogens is 184 g/mol. The third-order valence-electron chi connectivity index (χ3n) is 4.24. The van der Waals surface area contributed by atoms with E-state index in [4.69, 9.17) is 5.73 Å². The predicted molar refractivity (Wildman–Crippen MR) is 64.8 cm³/mol. The maximum absolute atomic E-state index is 5.96. The van der Waals surface area contributed by atoms with E-state index in [1.54, 1.807) is 0 Å². The summed E-state index contributed by atoms with van der Waals surface area (Å²) in [7, 11) is 0. The van der Waals surface area contributed by atoms with Gasteiger partial charge in [0, 0.05) is 12.1 Å². The second kappa shape index (κ2) is 4.06. The van der Waals surface area contributed by atoms with Crippen molar-refractivity contribution in [1.82, 2.24) is 5.32 Å². The third-order valence-corrected chi connectivity index (χ3v) is 4.24. The molecule has 1 unspecified atom stereocenters. The van der Waals surface area contributed by atoms with E-state index in [2.05, 4.69) is 19.2 Å². The van der Waals surface area contributed by atoms with Gasteiger partial charge in [-0.05, 0) is 43.6 Å². The molecule has 2 heteroatoms. The number of hydrogen-bond donors (Lipinski definition) is 2. The van der Waals surface area contributed by atoms with Gasteiger partial charge >= 0.3 is 0 Å². The highest BCUT2D eigenvalue weighted by molar-refractivity contribution is 5.00.